The van der Waals surface area contributed by atoms with Gasteiger partial charge in [0.1, 0.15) is 0 Å². The van der Waals surface area contributed by atoms with Crippen molar-refractivity contribution in [2.75, 3.05) is 18.0 Å². The molecule has 0 saturated carbocycles. The zero-order valence-electron chi connectivity index (χ0n) is 14.2. The van der Waals surface area contributed by atoms with Crippen molar-refractivity contribution in [3.05, 3.63) is 64.2 Å². The molecule has 0 aliphatic carbocycles. The van der Waals surface area contributed by atoms with Crippen LogP contribution in [0.1, 0.15) is 46.0 Å². The number of anilines is 1. The second-order valence-corrected chi connectivity index (χ2v) is 6.61. The van der Waals surface area contributed by atoms with Crippen molar-refractivity contribution >= 4 is 29.1 Å². The molecule has 25 heavy (non-hydrogen) atoms. The van der Waals surface area contributed by atoms with E-state index >= 15 is 0 Å². The first-order chi connectivity index (χ1) is 12.1. The number of rotatable bonds is 4. The molecule has 0 atom stereocenters. The lowest BCUT2D eigenvalue weighted by Gasteiger charge is -2.30. The van der Waals surface area contributed by atoms with Crippen LogP contribution < -0.4 is 10.2 Å². The minimum Gasteiger partial charge on any atom is -0.352 e. The molecule has 1 aliphatic heterocycles. The topological polar surface area (TPSA) is 49.4 Å². The number of hydrogen-bond acceptors (Lipinski definition) is 2. The maximum atomic E-state index is 12.9. The molecular formula is C20H21ClN2O2. The Morgan fingerprint density at radius 1 is 1.16 bits per heavy atom. The van der Waals surface area contributed by atoms with Gasteiger partial charge in [-0.05, 0) is 61.2 Å². The van der Waals surface area contributed by atoms with E-state index in [1.54, 1.807) is 35.2 Å². The van der Waals surface area contributed by atoms with Gasteiger partial charge in [-0.3, -0.25) is 9.59 Å². The number of carbonyl (C=O) groups excluding carboxylic acids is 2. The number of nitrogens with zero attached hydrogens (tertiary/aromatic N) is 1. The van der Waals surface area contributed by atoms with Crippen LogP contribution in [-0.4, -0.2) is 24.9 Å². The highest BCUT2D eigenvalue weighted by atomic mass is 35.5. The van der Waals surface area contributed by atoms with E-state index in [-0.39, 0.29) is 11.8 Å². The molecule has 4 nitrogen and oxygen atoms in total. The Labute approximate surface area is 152 Å². The lowest BCUT2D eigenvalue weighted by Crippen LogP contribution is -2.35. The van der Waals surface area contributed by atoms with E-state index in [1.807, 2.05) is 19.1 Å². The number of carbonyl (C=O) groups is 2. The molecule has 0 radical (unpaired) electrons. The molecule has 0 saturated heterocycles. The summed E-state index contributed by atoms with van der Waals surface area (Å²) in [5, 5.41) is 3.43. The molecule has 5 heteroatoms. The normalized spacial score (nSPS) is 13.3. The largest absolute Gasteiger partial charge is 0.352 e. The lowest BCUT2D eigenvalue weighted by atomic mass is 9.98. The first-order valence-electron chi connectivity index (χ1n) is 8.58. The van der Waals surface area contributed by atoms with Crippen molar-refractivity contribution in [2.24, 2.45) is 0 Å². The van der Waals surface area contributed by atoms with Gasteiger partial charge < -0.3 is 10.2 Å². The summed E-state index contributed by atoms with van der Waals surface area (Å²) in [5.74, 6) is -0.130. The molecule has 3 rings (SSSR count). The number of fused-ring (bicyclic) bond motifs is 1. The number of benzene rings is 2. The van der Waals surface area contributed by atoms with E-state index < -0.39 is 0 Å². The van der Waals surface area contributed by atoms with E-state index in [1.165, 1.54) is 0 Å². The highest BCUT2D eigenvalue weighted by Gasteiger charge is 2.24. The fourth-order valence-corrected chi connectivity index (χ4v) is 3.26. The number of nitrogens with one attached hydrogen (secondary N) is 1. The molecular weight excluding hydrogens is 336 g/mol. The van der Waals surface area contributed by atoms with Crippen LogP contribution in [0, 0.1) is 0 Å². The first kappa shape index (κ1) is 17.5. The van der Waals surface area contributed by atoms with Gasteiger partial charge in [-0.1, -0.05) is 24.6 Å². The summed E-state index contributed by atoms with van der Waals surface area (Å²) in [6, 6.07) is 12.5. The highest BCUT2D eigenvalue weighted by Crippen LogP contribution is 2.29. The quantitative estimate of drug-likeness (QED) is 0.897. The molecule has 130 valence electrons. The maximum Gasteiger partial charge on any atom is 0.258 e. The SMILES string of the molecule is CCCNC(=O)c1ccc2c(c1)CCCN2C(=O)c1cccc(Cl)c1. The third-order valence-electron chi connectivity index (χ3n) is 4.31. The smallest absolute Gasteiger partial charge is 0.258 e. The van der Waals surface area contributed by atoms with Gasteiger partial charge in [-0.15, -0.1) is 0 Å². The second kappa shape index (κ2) is 7.70. The van der Waals surface area contributed by atoms with Crippen LogP contribution in [0.3, 0.4) is 0 Å². The summed E-state index contributed by atoms with van der Waals surface area (Å²) in [7, 11) is 0. The molecule has 0 aromatic heterocycles. The Hall–Kier alpha value is -2.33. The summed E-state index contributed by atoms with van der Waals surface area (Å²) >= 11 is 6.01. The Kier molecular flexibility index (Phi) is 5.39. The van der Waals surface area contributed by atoms with Crippen molar-refractivity contribution in [2.45, 2.75) is 26.2 Å². The van der Waals surface area contributed by atoms with Gasteiger partial charge in [0.25, 0.3) is 11.8 Å². The molecule has 0 fully saturated rings. The predicted molar refractivity (Wildman–Crippen MR) is 101 cm³/mol. The van der Waals surface area contributed by atoms with Gasteiger partial charge in [-0.2, -0.15) is 0 Å². The Morgan fingerprint density at radius 2 is 2.00 bits per heavy atom. The number of hydrogen-bond donors (Lipinski definition) is 1. The van der Waals surface area contributed by atoms with Gasteiger partial charge in [0, 0.05) is 34.9 Å². The second-order valence-electron chi connectivity index (χ2n) is 6.17. The van der Waals surface area contributed by atoms with Gasteiger partial charge in [0.2, 0.25) is 0 Å². The molecule has 1 heterocycles. The van der Waals surface area contributed by atoms with Crippen LogP contribution >= 0.6 is 11.6 Å². The highest BCUT2D eigenvalue weighted by molar-refractivity contribution is 6.31. The monoisotopic (exact) mass is 356 g/mol. The zero-order valence-corrected chi connectivity index (χ0v) is 15.0. The molecule has 2 amide bonds. The molecule has 0 bridgehead atoms. The summed E-state index contributed by atoms with van der Waals surface area (Å²) in [6.07, 6.45) is 2.64. The fourth-order valence-electron chi connectivity index (χ4n) is 3.07. The molecule has 1 aliphatic rings. The molecule has 1 N–H and O–H groups in total. The fraction of sp³-hybridized carbons (Fsp3) is 0.300. The molecule has 2 aromatic rings. The van der Waals surface area contributed by atoms with Gasteiger partial charge in [0.15, 0.2) is 0 Å². The number of amides is 2. The van der Waals surface area contributed by atoms with Gasteiger partial charge in [0.05, 0.1) is 0 Å². The third-order valence-corrected chi connectivity index (χ3v) is 4.55. The van der Waals surface area contributed by atoms with Crippen molar-refractivity contribution in [1.29, 1.82) is 0 Å². The lowest BCUT2D eigenvalue weighted by molar-refractivity contribution is 0.0952. The molecule has 2 aromatic carbocycles. The van der Waals surface area contributed by atoms with Gasteiger partial charge >= 0.3 is 0 Å². The number of halogens is 1. The predicted octanol–water partition coefficient (Wildman–Crippen LogP) is 4.07. The number of aryl methyl sites for hydroxylation is 1. The summed E-state index contributed by atoms with van der Waals surface area (Å²) in [5.41, 5.74) is 3.13. The van der Waals surface area contributed by atoms with Crippen LogP contribution in [0.2, 0.25) is 5.02 Å². The van der Waals surface area contributed by atoms with Gasteiger partial charge in [-0.25, -0.2) is 0 Å². The molecule has 0 unspecified atom stereocenters. The summed E-state index contributed by atoms with van der Waals surface area (Å²) < 4.78 is 0. The van der Waals surface area contributed by atoms with E-state index in [4.69, 9.17) is 11.6 Å². The Balaban J connectivity index is 1.87. The maximum absolute atomic E-state index is 12.9. The minimum atomic E-state index is -0.0667. The van der Waals surface area contributed by atoms with Crippen molar-refractivity contribution in [3.8, 4) is 0 Å². The van der Waals surface area contributed by atoms with Crippen molar-refractivity contribution in [3.63, 3.8) is 0 Å². The average Bonchev–Trinajstić information content (AvgIpc) is 2.64. The Bertz CT molecular complexity index is 804. The van der Waals surface area contributed by atoms with Crippen molar-refractivity contribution in [1.82, 2.24) is 5.32 Å². The van der Waals surface area contributed by atoms with Crippen LogP contribution in [0.25, 0.3) is 0 Å². The third kappa shape index (κ3) is 3.85. The van der Waals surface area contributed by atoms with E-state index in [9.17, 15) is 9.59 Å². The van der Waals surface area contributed by atoms with E-state index in [2.05, 4.69) is 5.32 Å². The average molecular weight is 357 g/mol. The standard InChI is InChI=1S/C20H21ClN2O2/c1-2-10-22-19(24)15-8-9-18-14(12-15)6-4-11-23(18)20(25)16-5-3-7-17(21)13-16/h3,5,7-9,12-13H,2,4,6,10-11H2,1H3,(H,22,24). The first-order valence-corrected chi connectivity index (χ1v) is 8.96. The van der Waals surface area contributed by atoms with Crippen LogP contribution in [0.5, 0.6) is 0 Å². The zero-order chi connectivity index (χ0) is 17.8. The summed E-state index contributed by atoms with van der Waals surface area (Å²) in [6.45, 7) is 3.35. The van der Waals surface area contributed by atoms with E-state index in [0.717, 1.165) is 30.5 Å². The summed E-state index contributed by atoms with van der Waals surface area (Å²) in [4.78, 5) is 26.8. The van der Waals surface area contributed by atoms with Crippen LogP contribution in [0.15, 0.2) is 42.5 Å². The molecule has 0 spiro atoms. The minimum absolute atomic E-state index is 0.0633. The van der Waals surface area contributed by atoms with Crippen LogP contribution in [-0.2, 0) is 6.42 Å². The van der Waals surface area contributed by atoms with Crippen molar-refractivity contribution < 1.29 is 9.59 Å². The van der Waals surface area contributed by atoms with Crippen LogP contribution in [0.4, 0.5) is 5.69 Å². The van der Waals surface area contributed by atoms with E-state index in [0.29, 0.717) is 29.2 Å². The Morgan fingerprint density at radius 3 is 2.76 bits per heavy atom.